The van der Waals surface area contributed by atoms with Gasteiger partial charge in [0.2, 0.25) is 5.91 Å². The molecule has 1 aromatic carbocycles. The van der Waals surface area contributed by atoms with Crippen molar-refractivity contribution in [2.75, 3.05) is 32.8 Å². The second-order valence-electron chi connectivity index (χ2n) is 5.51. The van der Waals surface area contributed by atoms with E-state index in [1.807, 2.05) is 6.92 Å². The van der Waals surface area contributed by atoms with Gasteiger partial charge in [0.25, 0.3) is 5.91 Å². The van der Waals surface area contributed by atoms with Crippen molar-refractivity contribution >= 4 is 24.2 Å². The Morgan fingerprint density at radius 1 is 1.48 bits per heavy atom. The molecule has 0 atom stereocenters. The summed E-state index contributed by atoms with van der Waals surface area (Å²) in [6.07, 6.45) is 1.08. The zero-order valence-corrected chi connectivity index (χ0v) is 14.9. The summed E-state index contributed by atoms with van der Waals surface area (Å²) in [6.45, 7) is 3.07. The van der Waals surface area contributed by atoms with Crippen LogP contribution in [0.25, 0.3) is 0 Å². The number of nitrogens with two attached hydrogens (primary N) is 1. The summed E-state index contributed by atoms with van der Waals surface area (Å²) >= 11 is 0. The zero-order valence-electron chi connectivity index (χ0n) is 14.1. The van der Waals surface area contributed by atoms with Crippen molar-refractivity contribution in [2.24, 2.45) is 5.73 Å². The van der Waals surface area contributed by atoms with Crippen LogP contribution in [-0.2, 0) is 11.2 Å². The molecule has 25 heavy (non-hydrogen) atoms. The van der Waals surface area contributed by atoms with Gasteiger partial charge < -0.3 is 20.7 Å². The predicted molar refractivity (Wildman–Crippen MR) is 95.7 cm³/mol. The van der Waals surface area contributed by atoms with Gasteiger partial charge in [0.05, 0.1) is 12.9 Å². The lowest BCUT2D eigenvalue weighted by molar-refractivity contribution is -0.121. The van der Waals surface area contributed by atoms with Crippen LogP contribution in [0.5, 0.6) is 5.75 Å². The molecule has 0 bridgehead atoms. The molecule has 1 aliphatic heterocycles. The summed E-state index contributed by atoms with van der Waals surface area (Å²) in [5, 5.41) is 2.69. The molecule has 2 amide bonds. The van der Waals surface area contributed by atoms with Gasteiger partial charge in [-0.15, -0.1) is 12.4 Å². The average molecular weight is 372 g/mol. The standard InChI is InChI=1S/C17H22FN3O3.ClH/c1-2-20-16(22)10-21-6-5-13-7-14(3-4-15(13)17(21)23)24-11-12(8-18)9-19;/h3-4,7-8H,2,5-6,9-11,19H2,1H3,(H,20,22);1H/b12-8-;. The lowest BCUT2D eigenvalue weighted by Crippen LogP contribution is -2.44. The van der Waals surface area contributed by atoms with Crippen LogP contribution in [0.4, 0.5) is 4.39 Å². The van der Waals surface area contributed by atoms with Crippen LogP contribution in [0.15, 0.2) is 30.1 Å². The van der Waals surface area contributed by atoms with Gasteiger partial charge >= 0.3 is 0 Å². The fourth-order valence-corrected chi connectivity index (χ4v) is 2.49. The topological polar surface area (TPSA) is 84.7 Å². The molecule has 0 spiro atoms. The maximum atomic E-state index is 12.5. The molecular formula is C17H23ClFN3O3. The highest BCUT2D eigenvalue weighted by Crippen LogP contribution is 2.24. The second-order valence-corrected chi connectivity index (χ2v) is 5.51. The first kappa shape index (κ1) is 20.9. The van der Waals surface area contributed by atoms with Gasteiger partial charge in [-0.1, -0.05) is 0 Å². The Labute approximate surface area is 152 Å². The molecule has 0 saturated heterocycles. The van der Waals surface area contributed by atoms with Crippen molar-refractivity contribution in [1.29, 1.82) is 0 Å². The van der Waals surface area contributed by atoms with Crippen LogP contribution in [0.2, 0.25) is 0 Å². The number of amides is 2. The van der Waals surface area contributed by atoms with Crippen LogP contribution < -0.4 is 15.8 Å². The molecule has 0 fully saturated rings. The van der Waals surface area contributed by atoms with E-state index in [4.69, 9.17) is 10.5 Å². The average Bonchev–Trinajstić information content (AvgIpc) is 2.58. The zero-order chi connectivity index (χ0) is 17.5. The number of halogens is 2. The van der Waals surface area contributed by atoms with E-state index < -0.39 is 0 Å². The van der Waals surface area contributed by atoms with Crippen LogP contribution in [-0.4, -0.2) is 49.5 Å². The fourth-order valence-electron chi connectivity index (χ4n) is 2.49. The van der Waals surface area contributed by atoms with E-state index in [0.717, 1.165) is 5.56 Å². The third-order valence-electron chi connectivity index (χ3n) is 3.79. The molecule has 1 aliphatic rings. The number of nitrogens with zero attached hydrogens (tertiary/aromatic N) is 1. The van der Waals surface area contributed by atoms with Gasteiger partial charge in [-0.3, -0.25) is 9.59 Å². The number of hydrogen-bond donors (Lipinski definition) is 2. The smallest absolute Gasteiger partial charge is 0.254 e. The Bertz CT molecular complexity index is 652. The van der Waals surface area contributed by atoms with E-state index in [1.54, 1.807) is 18.2 Å². The summed E-state index contributed by atoms with van der Waals surface area (Å²) in [5.74, 6) is 0.230. The minimum absolute atomic E-state index is 0. The van der Waals surface area contributed by atoms with Crippen molar-refractivity contribution in [3.8, 4) is 5.75 Å². The first-order valence-electron chi connectivity index (χ1n) is 7.89. The van der Waals surface area contributed by atoms with E-state index >= 15 is 0 Å². The van der Waals surface area contributed by atoms with E-state index in [9.17, 15) is 14.0 Å². The quantitative estimate of drug-likeness (QED) is 0.759. The molecule has 3 N–H and O–H groups in total. The fraction of sp³-hybridized carbons (Fsp3) is 0.412. The van der Waals surface area contributed by atoms with Crippen LogP contribution in [0.3, 0.4) is 0 Å². The molecule has 138 valence electrons. The number of ether oxygens (including phenoxy) is 1. The van der Waals surface area contributed by atoms with Crippen molar-refractivity contribution in [3.63, 3.8) is 0 Å². The minimum Gasteiger partial charge on any atom is -0.489 e. The maximum absolute atomic E-state index is 12.5. The number of carbonyl (C=O) groups is 2. The summed E-state index contributed by atoms with van der Waals surface area (Å²) in [7, 11) is 0. The molecule has 0 radical (unpaired) electrons. The second kappa shape index (κ2) is 10.0. The Balaban J connectivity index is 0.00000312. The van der Waals surface area contributed by atoms with Crippen molar-refractivity contribution in [3.05, 3.63) is 41.2 Å². The minimum atomic E-state index is -0.166. The number of rotatable bonds is 7. The highest BCUT2D eigenvalue weighted by Gasteiger charge is 2.26. The number of benzene rings is 1. The SMILES string of the molecule is CCNC(=O)CN1CCc2cc(OC/C(=C\F)CN)ccc2C1=O.Cl. The summed E-state index contributed by atoms with van der Waals surface area (Å²) in [5.41, 5.74) is 7.17. The molecule has 0 aromatic heterocycles. The highest BCUT2D eigenvalue weighted by atomic mass is 35.5. The Morgan fingerprint density at radius 3 is 2.88 bits per heavy atom. The van der Waals surface area contributed by atoms with Crippen molar-refractivity contribution in [1.82, 2.24) is 10.2 Å². The van der Waals surface area contributed by atoms with Crippen molar-refractivity contribution < 1.29 is 18.7 Å². The molecule has 6 nitrogen and oxygen atoms in total. The molecule has 1 aromatic rings. The Morgan fingerprint density at radius 2 is 2.24 bits per heavy atom. The van der Waals surface area contributed by atoms with E-state index in [0.29, 0.717) is 42.7 Å². The Hall–Kier alpha value is -2.12. The molecule has 0 saturated carbocycles. The number of fused-ring (bicyclic) bond motifs is 1. The van der Waals surface area contributed by atoms with Crippen LogP contribution >= 0.6 is 12.4 Å². The molecule has 0 aliphatic carbocycles. The molecule has 8 heteroatoms. The normalized spacial score (nSPS) is 13.8. The third kappa shape index (κ3) is 5.44. The first-order chi connectivity index (χ1) is 11.6. The predicted octanol–water partition coefficient (Wildman–Crippen LogP) is 1.43. The molecule has 0 unspecified atom stereocenters. The van der Waals surface area contributed by atoms with Crippen molar-refractivity contribution in [2.45, 2.75) is 13.3 Å². The Kier molecular flexibility index (Phi) is 8.37. The monoisotopic (exact) mass is 371 g/mol. The third-order valence-corrected chi connectivity index (χ3v) is 3.79. The summed E-state index contributed by atoms with van der Waals surface area (Å²) in [6, 6.07) is 5.12. The molecule has 2 rings (SSSR count). The lowest BCUT2D eigenvalue weighted by Gasteiger charge is -2.28. The highest BCUT2D eigenvalue weighted by molar-refractivity contribution is 5.98. The van der Waals surface area contributed by atoms with E-state index in [-0.39, 0.29) is 43.9 Å². The summed E-state index contributed by atoms with van der Waals surface area (Å²) in [4.78, 5) is 25.6. The van der Waals surface area contributed by atoms with E-state index in [1.165, 1.54) is 4.90 Å². The van der Waals surface area contributed by atoms with Gasteiger partial charge in [0.1, 0.15) is 12.4 Å². The van der Waals surface area contributed by atoms with Crippen LogP contribution in [0.1, 0.15) is 22.8 Å². The first-order valence-corrected chi connectivity index (χ1v) is 7.89. The molecular weight excluding hydrogens is 349 g/mol. The van der Waals surface area contributed by atoms with E-state index in [2.05, 4.69) is 5.32 Å². The van der Waals surface area contributed by atoms with Gasteiger partial charge in [-0.05, 0) is 37.1 Å². The number of hydrogen-bond acceptors (Lipinski definition) is 4. The van der Waals surface area contributed by atoms with Gasteiger partial charge in [0.15, 0.2) is 0 Å². The van der Waals surface area contributed by atoms with Gasteiger partial charge in [0, 0.05) is 30.8 Å². The number of carbonyl (C=O) groups excluding carboxylic acids is 2. The number of nitrogens with one attached hydrogen (secondary N) is 1. The van der Waals surface area contributed by atoms with Crippen LogP contribution in [0, 0.1) is 0 Å². The summed E-state index contributed by atoms with van der Waals surface area (Å²) < 4.78 is 18.0. The maximum Gasteiger partial charge on any atom is 0.254 e. The largest absolute Gasteiger partial charge is 0.489 e. The van der Waals surface area contributed by atoms with Gasteiger partial charge in [-0.2, -0.15) is 0 Å². The van der Waals surface area contributed by atoms with Gasteiger partial charge in [-0.25, -0.2) is 4.39 Å². The number of likely N-dealkylation sites (N-methyl/N-ethyl adjacent to an activating group) is 1. The molecule has 1 heterocycles. The lowest BCUT2D eigenvalue weighted by atomic mass is 9.98.